The molecule has 0 aromatic heterocycles. The van der Waals surface area contributed by atoms with E-state index in [9.17, 15) is 9.59 Å². The van der Waals surface area contributed by atoms with E-state index in [0.29, 0.717) is 41.8 Å². The Bertz CT molecular complexity index is 1160. The van der Waals surface area contributed by atoms with Crippen molar-refractivity contribution in [2.45, 2.75) is 34.1 Å². The fourth-order valence-electron chi connectivity index (χ4n) is 3.95. The Morgan fingerprint density at radius 3 is 2.62 bits per heavy atom. The second kappa shape index (κ2) is 8.65. The van der Waals surface area contributed by atoms with E-state index in [2.05, 4.69) is 19.2 Å². The van der Waals surface area contributed by atoms with Gasteiger partial charge in [0.05, 0.1) is 11.1 Å². The van der Waals surface area contributed by atoms with E-state index in [-0.39, 0.29) is 11.8 Å². The topological polar surface area (TPSA) is 58.6 Å². The largest absolute Gasteiger partial charge is 0.490 e. The van der Waals surface area contributed by atoms with Gasteiger partial charge in [0, 0.05) is 17.8 Å². The molecule has 0 spiro atoms. The molecule has 0 bridgehead atoms. The Hall–Kier alpha value is -3.34. The third-order valence-corrected chi connectivity index (χ3v) is 5.88. The number of nitrogens with zero attached hydrogens (tertiary/aromatic N) is 1. The molecule has 2 amide bonds. The predicted octanol–water partition coefficient (Wildman–Crippen LogP) is 5.89. The number of amides is 2. The van der Waals surface area contributed by atoms with Crippen LogP contribution in [0.5, 0.6) is 5.75 Å². The Morgan fingerprint density at radius 2 is 1.84 bits per heavy atom. The fraction of sp³-hybridized carbons (Fsp3) is 0.333. The molecule has 1 aliphatic rings. The van der Waals surface area contributed by atoms with E-state index in [1.54, 1.807) is 0 Å². The summed E-state index contributed by atoms with van der Waals surface area (Å²) in [6, 6.07) is 19.0. The number of benzene rings is 3. The summed E-state index contributed by atoms with van der Waals surface area (Å²) in [5, 5.41) is 4.93. The van der Waals surface area contributed by atoms with Gasteiger partial charge in [-0.2, -0.15) is 0 Å². The molecule has 32 heavy (non-hydrogen) atoms. The molecule has 5 nitrogen and oxygen atoms in total. The molecule has 4 rings (SSSR count). The summed E-state index contributed by atoms with van der Waals surface area (Å²) in [4.78, 5) is 28.2. The van der Waals surface area contributed by atoms with Crippen molar-refractivity contribution in [1.82, 2.24) is 0 Å². The van der Waals surface area contributed by atoms with Crippen molar-refractivity contribution in [1.29, 1.82) is 0 Å². The Kier molecular flexibility index (Phi) is 5.92. The highest BCUT2D eigenvalue weighted by Gasteiger charge is 2.37. The SMILES string of the molecule is CC(C)CCN1C(=O)C(C)(C)COc2ccc(NC(=O)c3cccc4ccccc34)cc21. The van der Waals surface area contributed by atoms with Crippen LogP contribution in [0.3, 0.4) is 0 Å². The molecule has 0 aliphatic carbocycles. The maximum atomic E-state index is 13.3. The minimum Gasteiger partial charge on any atom is -0.490 e. The van der Waals surface area contributed by atoms with Crippen molar-refractivity contribution < 1.29 is 14.3 Å². The van der Waals surface area contributed by atoms with Gasteiger partial charge in [0.1, 0.15) is 12.4 Å². The lowest BCUT2D eigenvalue weighted by Gasteiger charge is -2.28. The minimum atomic E-state index is -0.623. The Morgan fingerprint density at radius 1 is 1.09 bits per heavy atom. The molecule has 0 saturated heterocycles. The van der Waals surface area contributed by atoms with Crippen molar-refractivity contribution in [2.24, 2.45) is 11.3 Å². The average molecular weight is 431 g/mol. The normalized spacial score (nSPS) is 15.3. The molecular weight excluding hydrogens is 400 g/mol. The zero-order chi connectivity index (χ0) is 22.9. The van der Waals surface area contributed by atoms with Crippen LogP contribution in [0.2, 0.25) is 0 Å². The number of fused-ring (bicyclic) bond motifs is 2. The van der Waals surface area contributed by atoms with Crippen molar-refractivity contribution >= 4 is 34.0 Å². The first-order valence-corrected chi connectivity index (χ1v) is 11.1. The van der Waals surface area contributed by atoms with Gasteiger partial charge in [-0.3, -0.25) is 9.59 Å². The van der Waals surface area contributed by atoms with Gasteiger partial charge in [0.2, 0.25) is 5.91 Å². The lowest BCUT2D eigenvalue weighted by Crippen LogP contribution is -2.42. The molecule has 3 aromatic carbocycles. The lowest BCUT2D eigenvalue weighted by atomic mass is 9.92. The summed E-state index contributed by atoms with van der Waals surface area (Å²) in [6.07, 6.45) is 0.883. The molecule has 1 heterocycles. The average Bonchev–Trinajstić information content (AvgIpc) is 2.86. The third-order valence-electron chi connectivity index (χ3n) is 5.88. The van der Waals surface area contributed by atoms with Crippen LogP contribution in [0.15, 0.2) is 60.7 Å². The van der Waals surface area contributed by atoms with Gasteiger partial charge in [-0.05, 0) is 61.2 Å². The number of carbonyl (C=O) groups is 2. The van der Waals surface area contributed by atoms with Crippen molar-refractivity contribution in [2.75, 3.05) is 23.4 Å². The fourth-order valence-corrected chi connectivity index (χ4v) is 3.95. The molecule has 3 aromatic rings. The highest BCUT2D eigenvalue weighted by Crippen LogP contribution is 2.38. The van der Waals surface area contributed by atoms with Gasteiger partial charge in [0.25, 0.3) is 5.91 Å². The zero-order valence-corrected chi connectivity index (χ0v) is 19.1. The molecule has 0 atom stereocenters. The highest BCUT2D eigenvalue weighted by molar-refractivity contribution is 6.13. The van der Waals surface area contributed by atoms with Crippen LogP contribution in [0.1, 0.15) is 44.5 Å². The van der Waals surface area contributed by atoms with Crippen LogP contribution >= 0.6 is 0 Å². The lowest BCUT2D eigenvalue weighted by molar-refractivity contribution is -0.127. The van der Waals surface area contributed by atoms with Crippen molar-refractivity contribution in [3.63, 3.8) is 0 Å². The van der Waals surface area contributed by atoms with Crippen LogP contribution in [-0.2, 0) is 4.79 Å². The quantitative estimate of drug-likeness (QED) is 0.549. The first-order valence-electron chi connectivity index (χ1n) is 11.1. The van der Waals surface area contributed by atoms with Crippen molar-refractivity contribution in [3.05, 3.63) is 66.2 Å². The van der Waals surface area contributed by atoms with Gasteiger partial charge in [-0.1, -0.05) is 50.2 Å². The predicted molar refractivity (Wildman–Crippen MR) is 129 cm³/mol. The molecular formula is C27H30N2O3. The third kappa shape index (κ3) is 4.33. The number of hydrogen-bond acceptors (Lipinski definition) is 3. The van der Waals surface area contributed by atoms with Crippen LogP contribution in [0.4, 0.5) is 11.4 Å². The molecule has 0 unspecified atom stereocenters. The van der Waals surface area contributed by atoms with Gasteiger partial charge >= 0.3 is 0 Å². The van der Waals surface area contributed by atoms with Crippen LogP contribution in [0.25, 0.3) is 10.8 Å². The zero-order valence-electron chi connectivity index (χ0n) is 19.1. The molecule has 1 N–H and O–H groups in total. The van der Waals surface area contributed by atoms with Gasteiger partial charge in [0.15, 0.2) is 0 Å². The van der Waals surface area contributed by atoms with Gasteiger partial charge < -0.3 is 15.0 Å². The summed E-state index contributed by atoms with van der Waals surface area (Å²) in [5.41, 5.74) is 1.33. The van der Waals surface area contributed by atoms with Gasteiger partial charge in [-0.25, -0.2) is 0 Å². The first-order chi connectivity index (χ1) is 15.3. The molecule has 1 aliphatic heterocycles. The maximum absolute atomic E-state index is 13.3. The highest BCUT2D eigenvalue weighted by atomic mass is 16.5. The monoisotopic (exact) mass is 430 g/mol. The molecule has 0 fully saturated rings. The number of anilines is 2. The Labute approximate surface area is 189 Å². The number of rotatable bonds is 5. The molecule has 0 radical (unpaired) electrons. The van der Waals surface area contributed by atoms with Crippen LogP contribution in [0, 0.1) is 11.3 Å². The van der Waals surface area contributed by atoms with Crippen LogP contribution < -0.4 is 15.0 Å². The standard InChI is InChI=1S/C27H30N2O3/c1-18(2)14-15-29-23-16-20(12-13-24(23)32-17-27(3,4)26(29)31)28-25(30)22-11-7-9-19-8-5-6-10-21(19)22/h5-13,16,18H,14-15,17H2,1-4H3,(H,28,30). The number of carbonyl (C=O) groups excluding carboxylic acids is 2. The van der Waals surface area contributed by atoms with E-state index in [1.165, 1.54) is 0 Å². The van der Waals surface area contributed by atoms with E-state index in [1.807, 2.05) is 79.4 Å². The molecule has 0 saturated carbocycles. The summed E-state index contributed by atoms with van der Waals surface area (Å²) >= 11 is 0. The number of nitrogens with one attached hydrogen (secondary N) is 1. The number of hydrogen-bond donors (Lipinski definition) is 1. The summed E-state index contributed by atoms with van der Waals surface area (Å²) in [5.74, 6) is 0.981. The second-order valence-electron chi connectivity index (χ2n) is 9.48. The van der Waals surface area contributed by atoms with Crippen LogP contribution in [-0.4, -0.2) is 25.0 Å². The number of ether oxygens (including phenoxy) is 1. The molecule has 5 heteroatoms. The van der Waals surface area contributed by atoms with Gasteiger partial charge in [-0.15, -0.1) is 0 Å². The summed E-state index contributed by atoms with van der Waals surface area (Å²) in [7, 11) is 0. The second-order valence-corrected chi connectivity index (χ2v) is 9.48. The Balaban J connectivity index is 1.67. The van der Waals surface area contributed by atoms with E-state index >= 15 is 0 Å². The maximum Gasteiger partial charge on any atom is 0.256 e. The molecule has 166 valence electrons. The van der Waals surface area contributed by atoms with E-state index < -0.39 is 5.41 Å². The smallest absolute Gasteiger partial charge is 0.256 e. The summed E-state index contributed by atoms with van der Waals surface area (Å²) in [6.45, 7) is 9.03. The minimum absolute atomic E-state index is 0.0365. The van der Waals surface area contributed by atoms with Crippen molar-refractivity contribution in [3.8, 4) is 5.75 Å². The van der Waals surface area contributed by atoms with E-state index in [4.69, 9.17) is 4.74 Å². The first kappa shape index (κ1) is 21.9. The van der Waals surface area contributed by atoms with E-state index in [0.717, 1.165) is 17.2 Å². The summed E-state index contributed by atoms with van der Waals surface area (Å²) < 4.78 is 6.00.